The van der Waals surface area contributed by atoms with Gasteiger partial charge in [-0.1, -0.05) is 50.6 Å². The van der Waals surface area contributed by atoms with Crippen molar-refractivity contribution in [3.8, 4) is 0 Å². The molecule has 0 saturated carbocycles. The molecule has 2 atom stereocenters. The summed E-state index contributed by atoms with van der Waals surface area (Å²) >= 11 is 4.32. The van der Waals surface area contributed by atoms with Gasteiger partial charge in [0.05, 0.1) is 0 Å². The Morgan fingerprint density at radius 2 is 1.80 bits per heavy atom. The highest BCUT2D eigenvalue weighted by molar-refractivity contribution is 7.80. The molecule has 7 nitrogen and oxygen atoms in total. The van der Waals surface area contributed by atoms with E-state index in [1.54, 1.807) is 26.8 Å². The van der Waals surface area contributed by atoms with E-state index in [2.05, 4.69) is 36.8 Å². The van der Waals surface area contributed by atoms with E-state index in [1.165, 1.54) is 4.90 Å². The number of thiol groups is 1. The summed E-state index contributed by atoms with van der Waals surface area (Å²) in [5.74, 6) is -0.654. The number of hydrogen-bond acceptors (Lipinski definition) is 5. The fraction of sp³-hybridized carbons (Fsp3) is 0.593. The molecule has 0 spiro atoms. The van der Waals surface area contributed by atoms with Crippen molar-refractivity contribution in [2.45, 2.75) is 91.0 Å². The number of amides is 3. The molecule has 1 rings (SSSR count). The van der Waals surface area contributed by atoms with Gasteiger partial charge in [0.2, 0.25) is 11.8 Å². The molecule has 8 heteroatoms. The highest BCUT2D eigenvalue weighted by Gasteiger charge is 2.41. The minimum absolute atomic E-state index is 0.0438. The van der Waals surface area contributed by atoms with Crippen molar-refractivity contribution >= 4 is 36.6 Å². The van der Waals surface area contributed by atoms with Gasteiger partial charge < -0.3 is 20.3 Å². The quantitative estimate of drug-likeness (QED) is 0.287. The first-order valence-electron chi connectivity index (χ1n) is 12.2. The van der Waals surface area contributed by atoms with Crippen molar-refractivity contribution in [1.29, 1.82) is 0 Å². The summed E-state index contributed by atoms with van der Waals surface area (Å²) in [6, 6.07) is 5.51. The molecule has 0 radical (unpaired) electrons. The Balaban J connectivity index is 3.44. The number of unbranched alkanes of at least 4 members (excludes halogenated alkanes) is 2. The third-order valence-corrected chi connectivity index (χ3v) is 5.55. The van der Waals surface area contributed by atoms with Gasteiger partial charge in [0.15, 0.2) is 0 Å². The predicted molar refractivity (Wildman–Crippen MR) is 145 cm³/mol. The number of benzene rings is 1. The lowest BCUT2D eigenvalue weighted by atomic mass is 9.94. The van der Waals surface area contributed by atoms with Crippen molar-refractivity contribution in [3.63, 3.8) is 0 Å². The summed E-state index contributed by atoms with van der Waals surface area (Å²) in [4.78, 5) is 41.4. The highest BCUT2D eigenvalue weighted by atomic mass is 32.1. The van der Waals surface area contributed by atoms with Gasteiger partial charge >= 0.3 is 6.09 Å². The van der Waals surface area contributed by atoms with Crippen molar-refractivity contribution < 1.29 is 19.1 Å². The average molecular weight is 506 g/mol. The van der Waals surface area contributed by atoms with Crippen LogP contribution in [0.2, 0.25) is 0 Å². The van der Waals surface area contributed by atoms with E-state index in [9.17, 15) is 14.4 Å². The van der Waals surface area contributed by atoms with Crippen LogP contribution >= 0.6 is 12.6 Å². The fourth-order valence-corrected chi connectivity index (χ4v) is 3.85. The van der Waals surface area contributed by atoms with Crippen LogP contribution in [0.25, 0.3) is 6.08 Å². The summed E-state index contributed by atoms with van der Waals surface area (Å²) < 4.78 is 5.34. The largest absolute Gasteiger partial charge is 0.444 e. The molecule has 3 amide bonds. The van der Waals surface area contributed by atoms with Crippen LogP contribution < -0.4 is 10.6 Å². The highest BCUT2D eigenvalue weighted by Crippen LogP contribution is 2.31. The lowest BCUT2D eigenvalue weighted by Crippen LogP contribution is -2.59. The maximum absolute atomic E-state index is 13.9. The van der Waals surface area contributed by atoms with E-state index in [1.807, 2.05) is 45.0 Å². The smallest absolute Gasteiger partial charge is 0.408 e. The van der Waals surface area contributed by atoms with E-state index in [0.29, 0.717) is 12.1 Å². The van der Waals surface area contributed by atoms with Crippen molar-refractivity contribution in [2.75, 3.05) is 12.3 Å². The molecular weight excluding hydrogens is 462 g/mol. The number of hydrogen-bond donors (Lipinski definition) is 3. The van der Waals surface area contributed by atoms with Gasteiger partial charge in [0, 0.05) is 17.8 Å². The van der Waals surface area contributed by atoms with Crippen LogP contribution in [0.3, 0.4) is 0 Å². The summed E-state index contributed by atoms with van der Waals surface area (Å²) in [5.41, 5.74) is 0.0344. The zero-order chi connectivity index (χ0) is 26.8. The molecule has 2 unspecified atom stereocenters. The molecule has 0 heterocycles. The number of carbonyl (C=O) groups excluding carboxylic acids is 3. The van der Waals surface area contributed by atoms with E-state index in [0.717, 1.165) is 24.8 Å². The molecule has 0 saturated heterocycles. The number of nitrogens with zero attached hydrogens (tertiary/aromatic N) is 1. The topological polar surface area (TPSA) is 87.7 Å². The summed E-state index contributed by atoms with van der Waals surface area (Å²) in [6.45, 7) is 17.3. The Morgan fingerprint density at radius 1 is 1.14 bits per heavy atom. The molecule has 0 aromatic heterocycles. The van der Waals surface area contributed by atoms with Crippen LogP contribution in [-0.2, 0) is 14.3 Å². The third-order valence-electron chi connectivity index (χ3n) is 5.18. The van der Waals surface area contributed by atoms with E-state index >= 15 is 0 Å². The Hall–Kier alpha value is -2.48. The number of ether oxygens (including phenoxy) is 1. The standard InChI is InChI=1S/C27H43N3O4S/c1-9-11-12-16-28-23(31)22(20-15-13-14-19(10-2)17-20)30(26(3,4)5)24(32)21(18-35)29-25(33)34-27(6,7)8/h10,13-15,17,21-22,35H,2,9,11-12,16,18H2,1,3-8H3,(H,28,31)(H,29,33). The van der Waals surface area contributed by atoms with Crippen LogP contribution in [0.15, 0.2) is 30.8 Å². The predicted octanol–water partition coefficient (Wildman–Crippen LogP) is 5.13. The van der Waals surface area contributed by atoms with Crippen LogP contribution in [0.1, 0.15) is 84.9 Å². The second kappa shape index (κ2) is 13.6. The Labute approximate surface area is 216 Å². The molecule has 2 N–H and O–H groups in total. The van der Waals surface area contributed by atoms with Gasteiger partial charge in [-0.05, 0) is 65.2 Å². The monoisotopic (exact) mass is 505 g/mol. The minimum atomic E-state index is -0.981. The zero-order valence-corrected chi connectivity index (χ0v) is 23.2. The lowest BCUT2D eigenvalue weighted by Gasteiger charge is -2.43. The van der Waals surface area contributed by atoms with Gasteiger partial charge in [-0.15, -0.1) is 0 Å². The van der Waals surface area contributed by atoms with Gasteiger partial charge in [-0.3, -0.25) is 9.59 Å². The second-order valence-corrected chi connectivity index (χ2v) is 10.9. The van der Waals surface area contributed by atoms with Crippen LogP contribution in [-0.4, -0.2) is 52.3 Å². The first-order chi connectivity index (χ1) is 16.2. The van der Waals surface area contributed by atoms with Gasteiger partial charge in [-0.25, -0.2) is 4.79 Å². The van der Waals surface area contributed by atoms with Gasteiger partial charge in [0.25, 0.3) is 0 Å². The zero-order valence-electron chi connectivity index (χ0n) is 22.3. The number of carbonyl (C=O) groups is 3. The molecule has 35 heavy (non-hydrogen) atoms. The maximum Gasteiger partial charge on any atom is 0.408 e. The first kappa shape index (κ1) is 30.6. The lowest BCUT2D eigenvalue weighted by molar-refractivity contribution is -0.148. The van der Waals surface area contributed by atoms with Gasteiger partial charge in [-0.2, -0.15) is 12.6 Å². The molecule has 0 aliphatic heterocycles. The minimum Gasteiger partial charge on any atom is -0.444 e. The molecule has 1 aromatic rings. The Bertz CT molecular complexity index is 874. The van der Waals surface area contributed by atoms with Crippen molar-refractivity contribution in [3.05, 3.63) is 42.0 Å². The summed E-state index contributed by atoms with van der Waals surface area (Å²) in [5, 5.41) is 5.63. The fourth-order valence-electron chi connectivity index (χ4n) is 3.61. The average Bonchev–Trinajstić information content (AvgIpc) is 2.76. The first-order valence-corrected chi connectivity index (χ1v) is 12.8. The molecule has 0 fully saturated rings. The van der Waals surface area contributed by atoms with Gasteiger partial charge in [0.1, 0.15) is 17.7 Å². The molecular formula is C27H43N3O4S. The third kappa shape index (κ3) is 9.96. The van der Waals surface area contributed by atoms with E-state index in [4.69, 9.17) is 4.74 Å². The maximum atomic E-state index is 13.9. The Kier molecular flexibility index (Phi) is 11.8. The number of rotatable bonds is 11. The van der Waals surface area contributed by atoms with Crippen molar-refractivity contribution in [1.82, 2.24) is 15.5 Å². The van der Waals surface area contributed by atoms with Crippen LogP contribution in [0.5, 0.6) is 0 Å². The number of alkyl carbamates (subject to hydrolysis) is 1. The summed E-state index contributed by atoms with van der Waals surface area (Å²) in [6.07, 6.45) is 3.87. The Morgan fingerprint density at radius 3 is 2.31 bits per heavy atom. The molecule has 196 valence electrons. The molecule has 1 aromatic carbocycles. The van der Waals surface area contributed by atoms with Crippen LogP contribution in [0.4, 0.5) is 4.79 Å². The molecule has 0 aliphatic rings. The van der Waals surface area contributed by atoms with Crippen molar-refractivity contribution in [2.24, 2.45) is 0 Å². The normalized spacial score (nSPS) is 13.4. The van der Waals surface area contributed by atoms with E-state index < -0.39 is 35.2 Å². The second-order valence-electron chi connectivity index (χ2n) is 10.5. The number of nitrogens with one attached hydrogen (secondary N) is 2. The van der Waals surface area contributed by atoms with Crippen LogP contribution in [0, 0.1) is 0 Å². The SMILES string of the molecule is C=Cc1cccc(C(C(=O)NCCCCC)N(C(=O)C(CS)NC(=O)OC(C)(C)C)C(C)(C)C)c1. The van der Waals surface area contributed by atoms with E-state index in [-0.39, 0.29) is 11.7 Å². The molecule has 0 bridgehead atoms. The molecule has 0 aliphatic carbocycles. The summed E-state index contributed by atoms with van der Waals surface area (Å²) in [7, 11) is 0.